The van der Waals surface area contributed by atoms with Crippen LogP contribution in [0.1, 0.15) is 37.7 Å². The van der Waals surface area contributed by atoms with Gasteiger partial charge in [0.1, 0.15) is 5.82 Å². The first-order valence-corrected chi connectivity index (χ1v) is 7.00. The number of benzene rings is 1. The van der Waals surface area contributed by atoms with Crippen LogP contribution in [0.5, 0.6) is 0 Å². The van der Waals surface area contributed by atoms with E-state index in [1.807, 2.05) is 13.8 Å². The van der Waals surface area contributed by atoms with Gasteiger partial charge in [0.25, 0.3) is 0 Å². The molecule has 7 heteroatoms. The van der Waals surface area contributed by atoms with E-state index in [-0.39, 0.29) is 5.92 Å². The third-order valence-corrected chi connectivity index (χ3v) is 3.78. The van der Waals surface area contributed by atoms with Crippen molar-refractivity contribution in [3.63, 3.8) is 0 Å². The molecule has 2 heterocycles. The van der Waals surface area contributed by atoms with Gasteiger partial charge in [-0.2, -0.15) is 18.3 Å². The van der Waals surface area contributed by atoms with Crippen LogP contribution < -0.4 is 0 Å². The average molecular weight is 308 g/mol. The highest BCUT2D eigenvalue weighted by Crippen LogP contribution is 2.32. The minimum atomic E-state index is -4.45. The van der Waals surface area contributed by atoms with Gasteiger partial charge in [-0.05, 0) is 24.6 Å². The van der Waals surface area contributed by atoms with E-state index in [4.69, 9.17) is 0 Å². The van der Waals surface area contributed by atoms with Crippen LogP contribution in [-0.4, -0.2) is 19.7 Å². The third kappa shape index (κ3) is 2.47. The van der Waals surface area contributed by atoms with E-state index in [0.29, 0.717) is 17.9 Å². The zero-order chi connectivity index (χ0) is 15.9. The Morgan fingerprint density at radius 2 is 2.09 bits per heavy atom. The summed E-state index contributed by atoms with van der Waals surface area (Å²) in [4.78, 5) is 3.81. The number of rotatable bonds is 3. The molecule has 1 N–H and O–H groups in total. The van der Waals surface area contributed by atoms with Crippen LogP contribution in [-0.2, 0) is 6.18 Å². The number of halogens is 3. The fourth-order valence-corrected chi connectivity index (χ4v) is 2.35. The summed E-state index contributed by atoms with van der Waals surface area (Å²) in [6.07, 6.45) is -1.04. The lowest BCUT2D eigenvalue weighted by atomic mass is 10.1. The molecule has 0 saturated carbocycles. The van der Waals surface area contributed by atoms with Crippen LogP contribution in [0.25, 0.3) is 16.6 Å². The normalized spacial score (nSPS) is 13.7. The molecule has 116 valence electrons. The molecule has 0 aliphatic heterocycles. The highest BCUT2D eigenvalue weighted by Gasteiger charge is 2.35. The monoisotopic (exact) mass is 308 g/mol. The number of fused-ring (bicyclic) bond motifs is 1. The lowest BCUT2D eigenvalue weighted by Crippen LogP contribution is -2.06. The Morgan fingerprint density at radius 3 is 2.77 bits per heavy atom. The number of H-pyrrole nitrogens is 1. The molecule has 3 aromatic rings. The summed E-state index contributed by atoms with van der Waals surface area (Å²) in [5.41, 5.74) is 0.618. The van der Waals surface area contributed by atoms with E-state index in [0.717, 1.165) is 17.1 Å². The zero-order valence-electron chi connectivity index (χ0n) is 12.1. The second kappa shape index (κ2) is 5.15. The lowest BCUT2D eigenvalue weighted by Gasteiger charge is -2.12. The Balaban J connectivity index is 2.16. The largest absolute Gasteiger partial charge is 0.434 e. The summed E-state index contributed by atoms with van der Waals surface area (Å²) >= 11 is 0. The van der Waals surface area contributed by atoms with E-state index < -0.39 is 11.9 Å². The van der Waals surface area contributed by atoms with Gasteiger partial charge in [-0.25, -0.2) is 4.98 Å². The Morgan fingerprint density at radius 1 is 1.32 bits per heavy atom. The van der Waals surface area contributed by atoms with Gasteiger partial charge in [0.15, 0.2) is 5.69 Å². The van der Waals surface area contributed by atoms with E-state index in [9.17, 15) is 13.2 Å². The second-order valence-electron chi connectivity index (χ2n) is 5.30. The Kier molecular flexibility index (Phi) is 3.42. The minimum Gasteiger partial charge on any atom is -0.303 e. The summed E-state index contributed by atoms with van der Waals surface area (Å²) in [7, 11) is 0. The maximum absolute atomic E-state index is 13.0. The fraction of sp³-hybridized carbons (Fsp3) is 0.333. The topological polar surface area (TPSA) is 46.5 Å². The molecule has 22 heavy (non-hydrogen) atoms. The number of imidazole rings is 1. The van der Waals surface area contributed by atoms with Crippen molar-refractivity contribution in [1.29, 1.82) is 0 Å². The van der Waals surface area contributed by atoms with Gasteiger partial charge in [0.2, 0.25) is 0 Å². The quantitative estimate of drug-likeness (QED) is 0.785. The first-order valence-electron chi connectivity index (χ1n) is 7.00. The van der Waals surface area contributed by atoms with Crippen molar-refractivity contribution in [2.45, 2.75) is 32.4 Å². The summed E-state index contributed by atoms with van der Waals surface area (Å²) in [6.45, 7) is 3.80. The van der Waals surface area contributed by atoms with Crippen LogP contribution in [0.15, 0.2) is 30.6 Å². The van der Waals surface area contributed by atoms with Crippen molar-refractivity contribution >= 4 is 10.9 Å². The van der Waals surface area contributed by atoms with Gasteiger partial charge in [0, 0.05) is 23.2 Å². The van der Waals surface area contributed by atoms with Crippen molar-refractivity contribution in [2.75, 3.05) is 0 Å². The van der Waals surface area contributed by atoms with Crippen LogP contribution in [0, 0.1) is 0 Å². The molecule has 1 atom stereocenters. The smallest absolute Gasteiger partial charge is 0.303 e. The van der Waals surface area contributed by atoms with Gasteiger partial charge in [-0.3, -0.25) is 5.10 Å². The number of hydrogen-bond acceptors (Lipinski definition) is 2. The molecule has 3 rings (SSSR count). The maximum Gasteiger partial charge on any atom is 0.434 e. The predicted octanol–water partition coefficient (Wildman–Crippen LogP) is 4.28. The molecule has 4 nitrogen and oxygen atoms in total. The molecular weight excluding hydrogens is 293 g/mol. The van der Waals surface area contributed by atoms with Crippen molar-refractivity contribution < 1.29 is 13.2 Å². The van der Waals surface area contributed by atoms with Crippen LogP contribution in [0.2, 0.25) is 0 Å². The predicted molar refractivity (Wildman–Crippen MR) is 76.9 cm³/mol. The summed E-state index contributed by atoms with van der Waals surface area (Å²) in [6, 6.07) is 5.35. The van der Waals surface area contributed by atoms with Gasteiger partial charge in [-0.1, -0.05) is 13.8 Å². The number of alkyl halides is 3. The highest BCUT2D eigenvalue weighted by molar-refractivity contribution is 5.80. The number of nitrogens with one attached hydrogen (secondary N) is 1. The van der Waals surface area contributed by atoms with Crippen molar-refractivity contribution in [2.24, 2.45) is 0 Å². The number of aromatic amines is 1. The molecule has 2 aromatic heterocycles. The fourth-order valence-electron chi connectivity index (χ4n) is 2.35. The Labute approximate surface area is 125 Å². The van der Waals surface area contributed by atoms with Crippen molar-refractivity contribution in [1.82, 2.24) is 19.7 Å². The lowest BCUT2D eigenvalue weighted by molar-refractivity contribution is -0.141. The summed E-state index contributed by atoms with van der Waals surface area (Å²) < 4.78 is 40.4. The molecule has 0 radical (unpaired) electrons. The molecule has 0 bridgehead atoms. The molecule has 1 aromatic carbocycles. The first-order chi connectivity index (χ1) is 10.4. The van der Waals surface area contributed by atoms with Crippen molar-refractivity contribution in [3.05, 3.63) is 42.1 Å². The van der Waals surface area contributed by atoms with Crippen LogP contribution in [0.3, 0.4) is 0 Å². The van der Waals surface area contributed by atoms with Gasteiger partial charge < -0.3 is 4.57 Å². The molecule has 0 spiro atoms. The zero-order valence-corrected chi connectivity index (χ0v) is 12.1. The molecule has 0 fully saturated rings. The molecule has 0 aliphatic carbocycles. The Hall–Kier alpha value is -2.31. The molecule has 0 aliphatic rings. The Bertz CT molecular complexity index is 801. The standard InChI is InChI=1S/C15H15F3N4/c1-3-9(2)14-20-13(15(16,17)18)8-22(14)11-4-5-12-10(6-11)7-19-21-12/h4-9H,3H2,1-2H3,(H,19,21). The maximum atomic E-state index is 13.0. The SMILES string of the molecule is CCC(C)c1nc(C(F)(F)F)cn1-c1ccc2[nH]ncc2c1. The van der Waals surface area contributed by atoms with Crippen LogP contribution >= 0.6 is 0 Å². The van der Waals surface area contributed by atoms with Crippen LogP contribution in [0.4, 0.5) is 13.2 Å². The molecule has 0 amide bonds. The van der Waals surface area contributed by atoms with E-state index in [1.165, 1.54) is 4.57 Å². The minimum absolute atomic E-state index is 0.0730. The first kappa shape index (κ1) is 14.6. The number of nitrogens with zero attached hydrogens (tertiary/aromatic N) is 3. The second-order valence-corrected chi connectivity index (χ2v) is 5.30. The summed E-state index contributed by atoms with van der Waals surface area (Å²) in [5, 5.41) is 7.59. The third-order valence-electron chi connectivity index (χ3n) is 3.78. The highest BCUT2D eigenvalue weighted by atomic mass is 19.4. The molecule has 0 saturated heterocycles. The molecule has 1 unspecified atom stereocenters. The van der Waals surface area contributed by atoms with E-state index in [2.05, 4.69) is 15.2 Å². The van der Waals surface area contributed by atoms with E-state index >= 15 is 0 Å². The average Bonchev–Trinajstić information content (AvgIpc) is 3.11. The van der Waals surface area contributed by atoms with Gasteiger partial charge >= 0.3 is 6.18 Å². The van der Waals surface area contributed by atoms with Crippen molar-refractivity contribution in [3.8, 4) is 5.69 Å². The van der Waals surface area contributed by atoms with E-state index in [1.54, 1.807) is 24.4 Å². The van der Waals surface area contributed by atoms with Gasteiger partial charge in [0.05, 0.1) is 11.7 Å². The van der Waals surface area contributed by atoms with Gasteiger partial charge in [-0.15, -0.1) is 0 Å². The number of hydrogen-bond donors (Lipinski definition) is 1. The molecular formula is C15H15F3N4. The number of aromatic nitrogens is 4. The summed E-state index contributed by atoms with van der Waals surface area (Å²) in [5.74, 6) is 0.341.